The van der Waals surface area contributed by atoms with Crippen molar-refractivity contribution in [3.8, 4) is 0 Å². The molecule has 1 aromatic heterocycles. The molecule has 20 heavy (non-hydrogen) atoms. The van der Waals surface area contributed by atoms with Crippen molar-refractivity contribution in [1.82, 2.24) is 4.98 Å². The van der Waals surface area contributed by atoms with E-state index < -0.39 is 11.6 Å². The predicted molar refractivity (Wildman–Crippen MR) is 77.4 cm³/mol. The third-order valence-corrected chi connectivity index (χ3v) is 3.47. The van der Waals surface area contributed by atoms with Crippen molar-refractivity contribution in [2.75, 3.05) is 5.32 Å². The molecule has 0 spiro atoms. The van der Waals surface area contributed by atoms with Crippen molar-refractivity contribution in [3.05, 3.63) is 56.8 Å². The lowest BCUT2D eigenvalue weighted by Crippen LogP contribution is -2.07. The summed E-state index contributed by atoms with van der Waals surface area (Å²) in [6.07, 6.45) is 1.47. The van der Waals surface area contributed by atoms with Crippen LogP contribution in [0.25, 0.3) is 0 Å². The summed E-state index contributed by atoms with van der Waals surface area (Å²) < 4.78 is 27.9. The summed E-state index contributed by atoms with van der Waals surface area (Å²) in [4.78, 5) is 3.89. The van der Waals surface area contributed by atoms with Crippen LogP contribution in [0, 0.1) is 25.5 Å². The van der Waals surface area contributed by atoms with Crippen LogP contribution in [0.2, 0.25) is 10.2 Å². The molecule has 2 aromatic rings. The highest BCUT2D eigenvalue weighted by Gasteiger charge is 2.14. The first-order valence-corrected chi connectivity index (χ1v) is 6.64. The second-order valence-corrected chi connectivity index (χ2v) is 5.26. The lowest BCUT2D eigenvalue weighted by Gasteiger charge is -2.13. The number of hydrogen-bond acceptors (Lipinski definition) is 2. The summed E-state index contributed by atoms with van der Waals surface area (Å²) in [7, 11) is 0. The molecule has 0 aliphatic heterocycles. The highest BCUT2D eigenvalue weighted by molar-refractivity contribution is 6.34. The number of anilines is 1. The van der Waals surface area contributed by atoms with Gasteiger partial charge in [-0.1, -0.05) is 29.3 Å². The normalized spacial score (nSPS) is 10.7. The van der Waals surface area contributed by atoms with Gasteiger partial charge < -0.3 is 5.32 Å². The van der Waals surface area contributed by atoms with Gasteiger partial charge in [0.15, 0.2) is 11.6 Å². The molecule has 0 aliphatic carbocycles. The van der Waals surface area contributed by atoms with Crippen LogP contribution in [-0.2, 0) is 6.54 Å². The van der Waals surface area contributed by atoms with Crippen LogP contribution in [-0.4, -0.2) is 4.98 Å². The van der Waals surface area contributed by atoms with Crippen LogP contribution in [0.5, 0.6) is 0 Å². The summed E-state index contributed by atoms with van der Waals surface area (Å²) in [6.45, 7) is 3.33. The molecule has 1 aromatic carbocycles. The zero-order valence-corrected chi connectivity index (χ0v) is 12.4. The quantitative estimate of drug-likeness (QED) is 0.815. The SMILES string of the molecule is Cc1cc(C)c(F)c(NCc2cnc(Cl)cc2Cl)c1F. The van der Waals surface area contributed by atoms with Crippen molar-refractivity contribution in [3.63, 3.8) is 0 Å². The van der Waals surface area contributed by atoms with E-state index in [2.05, 4.69) is 10.3 Å². The molecule has 0 amide bonds. The molecule has 1 heterocycles. The maximum Gasteiger partial charge on any atom is 0.152 e. The number of nitrogens with one attached hydrogen (secondary N) is 1. The second-order valence-electron chi connectivity index (χ2n) is 4.47. The number of hydrogen-bond donors (Lipinski definition) is 1. The van der Waals surface area contributed by atoms with Gasteiger partial charge in [-0.15, -0.1) is 0 Å². The van der Waals surface area contributed by atoms with E-state index in [1.165, 1.54) is 18.3 Å². The molecule has 1 N–H and O–H groups in total. The predicted octanol–water partition coefficient (Wildman–Crippen LogP) is 4.90. The Balaban J connectivity index is 2.27. The van der Waals surface area contributed by atoms with Crippen molar-refractivity contribution in [2.24, 2.45) is 0 Å². The van der Waals surface area contributed by atoms with E-state index in [-0.39, 0.29) is 17.4 Å². The summed E-state index contributed by atoms with van der Waals surface area (Å²) in [6, 6.07) is 2.95. The number of pyridine rings is 1. The number of benzene rings is 1. The van der Waals surface area contributed by atoms with Crippen LogP contribution in [0.1, 0.15) is 16.7 Å². The van der Waals surface area contributed by atoms with E-state index in [1.807, 2.05) is 0 Å². The van der Waals surface area contributed by atoms with E-state index in [0.717, 1.165) is 0 Å². The second kappa shape index (κ2) is 5.94. The number of nitrogens with zero attached hydrogens (tertiary/aromatic N) is 1. The van der Waals surface area contributed by atoms with Crippen LogP contribution in [0.4, 0.5) is 14.5 Å². The van der Waals surface area contributed by atoms with Gasteiger partial charge in [-0.2, -0.15) is 0 Å². The number of rotatable bonds is 3. The standard InChI is InChI=1S/C14H12Cl2F2N2/c1-7-3-8(2)13(18)14(12(7)17)20-6-9-5-19-11(16)4-10(9)15/h3-5,20H,6H2,1-2H3. The van der Waals surface area contributed by atoms with Crippen LogP contribution < -0.4 is 5.32 Å². The molecule has 0 saturated carbocycles. The Morgan fingerprint density at radius 3 is 2.25 bits per heavy atom. The van der Waals surface area contributed by atoms with Gasteiger partial charge in [-0.05, 0) is 31.0 Å². The van der Waals surface area contributed by atoms with Gasteiger partial charge in [-0.25, -0.2) is 13.8 Å². The van der Waals surface area contributed by atoms with Crippen LogP contribution in [0.15, 0.2) is 18.3 Å². The average Bonchev–Trinajstić information content (AvgIpc) is 2.38. The van der Waals surface area contributed by atoms with Crippen LogP contribution in [0.3, 0.4) is 0 Å². The van der Waals surface area contributed by atoms with Gasteiger partial charge in [0.25, 0.3) is 0 Å². The molecular formula is C14H12Cl2F2N2. The molecule has 2 rings (SSSR count). The summed E-state index contributed by atoms with van der Waals surface area (Å²) >= 11 is 11.7. The fraction of sp³-hybridized carbons (Fsp3) is 0.214. The first-order chi connectivity index (χ1) is 9.40. The maximum atomic E-state index is 13.9. The number of aryl methyl sites for hydroxylation is 2. The fourth-order valence-electron chi connectivity index (χ4n) is 1.85. The van der Waals surface area contributed by atoms with Crippen LogP contribution >= 0.6 is 23.2 Å². The molecular weight excluding hydrogens is 305 g/mol. The Hall–Kier alpha value is -1.39. The smallest absolute Gasteiger partial charge is 0.152 e. The molecule has 0 fully saturated rings. The minimum absolute atomic E-state index is 0.153. The summed E-state index contributed by atoms with van der Waals surface area (Å²) in [5, 5.41) is 3.38. The Kier molecular flexibility index (Phi) is 4.45. The van der Waals surface area contributed by atoms with Gasteiger partial charge >= 0.3 is 0 Å². The molecule has 0 bridgehead atoms. The molecule has 6 heteroatoms. The van der Waals surface area contributed by atoms with Crippen molar-refractivity contribution < 1.29 is 8.78 Å². The molecule has 0 radical (unpaired) electrons. The van der Waals surface area contributed by atoms with Gasteiger partial charge in [0.2, 0.25) is 0 Å². The average molecular weight is 317 g/mol. The summed E-state index contributed by atoms with van der Waals surface area (Å²) in [5.74, 6) is -1.21. The molecule has 2 nitrogen and oxygen atoms in total. The lowest BCUT2D eigenvalue weighted by atomic mass is 10.1. The van der Waals surface area contributed by atoms with Crippen molar-refractivity contribution in [2.45, 2.75) is 20.4 Å². The van der Waals surface area contributed by atoms with E-state index in [9.17, 15) is 8.78 Å². The monoisotopic (exact) mass is 316 g/mol. The largest absolute Gasteiger partial charge is 0.376 e. The van der Waals surface area contributed by atoms with Crippen molar-refractivity contribution >= 4 is 28.9 Å². The number of halogens is 4. The minimum Gasteiger partial charge on any atom is -0.376 e. The van der Waals surface area contributed by atoms with E-state index in [4.69, 9.17) is 23.2 Å². The highest BCUT2D eigenvalue weighted by atomic mass is 35.5. The third-order valence-electron chi connectivity index (χ3n) is 2.92. The van der Waals surface area contributed by atoms with Crippen molar-refractivity contribution in [1.29, 1.82) is 0 Å². The lowest BCUT2D eigenvalue weighted by molar-refractivity contribution is 0.576. The topological polar surface area (TPSA) is 24.9 Å². The zero-order valence-electron chi connectivity index (χ0n) is 10.9. The molecule has 0 saturated heterocycles. The minimum atomic E-state index is -0.605. The van der Waals surface area contributed by atoms with E-state index >= 15 is 0 Å². The fourth-order valence-corrected chi connectivity index (χ4v) is 2.28. The zero-order chi connectivity index (χ0) is 14.9. The Bertz CT molecular complexity index is 634. The number of aromatic nitrogens is 1. The summed E-state index contributed by atoms with van der Waals surface area (Å²) in [5.41, 5.74) is 1.21. The molecule has 106 valence electrons. The van der Waals surface area contributed by atoms with Gasteiger partial charge in [0.1, 0.15) is 10.8 Å². The third kappa shape index (κ3) is 3.02. The Morgan fingerprint density at radius 2 is 1.70 bits per heavy atom. The first-order valence-electron chi connectivity index (χ1n) is 5.89. The molecule has 0 aliphatic rings. The highest BCUT2D eigenvalue weighted by Crippen LogP contribution is 2.26. The maximum absolute atomic E-state index is 13.9. The van der Waals surface area contributed by atoms with Gasteiger partial charge in [0.05, 0.1) is 5.02 Å². The van der Waals surface area contributed by atoms with E-state index in [0.29, 0.717) is 21.7 Å². The first kappa shape index (κ1) is 15.0. The molecule has 0 atom stereocenters. The van der Waals surface area contributed by atoms with Gasteiger partial charge in [-0.3, -0.25) is 0 Å². The Morgan fingerprint density at radius 1 is 1.10 bits per heavy atom. The molecule has 0 unspecified atom stereocenters. The Labute approximate surface area is 125 Å². The van der Waals surface area contributed by atoms with Gasteiger partial charge in [0, 0.05) is 18.3 Å². The van der Waals surface area contributed by atoms with E-state index in [1.54, 1.807) is 13.8 Å².